The standard InChI is InChI=1S/C43H80O/c1-7-8-9-10-11-12-13-14-15-16-17-18-19-20-33-44-41-26-22-25-36-27-28-37-39-30-29-38(35(4)24-21-23-34(2)3)42(39,5)32-31-40(37)43(36,41)6/h34-41H,7-33H2,1-6H3/t35-,36?,37+,38-,39+,40+,41?,42-,43+/m1/s1. The normalized spacial score (nSPS) is 35.8. The SMILES string of the molecule is CCCCCCCCCCCCCCCCOC1CCCC2CC[C@@H]3[C@H](CC[C@]4(C)[C@@H]([C@H](C)CCCC(C)C)CC[C@@H]34)[C@]21C. The minimum absolute atomic E-state index is 0.444. The number of unbranched alkanes of at least 4 members (excludes halogenated alkanes) is 13. The Morgan fingerprint density at radius 2 is 1.25 bits per heavy atom. The molecule has 4 saturated carbocycles. The number of ether oxygens (including phenoxy) is 1. The molecule has 0 N–H and O–H groups in total. The number of fused-ring (bicyclic) bond motifs is 5. The van der Waals surface area contributed by atoms with Gasteiger partial charge in [-0.25, -0.2) is 0 Å². The van der Waals surface area contributed by atoms with Gasteiger partial charge in [0.05, 0.1) is 6.10 Å². The summed E-state index contributed by atoms with van der Waals surface area (Å²) in [6.07, 6.45) is 38.3. The first kappa shape index (κ1) is 36.8. The van der Waals surface area contributed by atoms with Crippen molar-refractivity contribution in [2.24, 2.45) is 52.3 Å². The van der Waals surface area contributed by atoms with Gasteiger partial charge in [0.2, 0.25) is 0 Å². The van der Waals surface area contributed by atoms with E-state index in [1.807, 2.05) is 0 Å². The van der Waals surface area contributed by atoms with E-state index in [1.54, 1.807) is 0 Å². The topological polar surface area (TPSA) is 9.23 Å². The fraction of sp³-hybridized carbons (Fsp3) is 1.00. The summed E-state index contributed by atoms with van der Waals surface area (Å²) in [6, 6.07) is 0. The van der Waals surface area contributed by atoms with Gasteiger partial charge in [-0.15, -0.1) is 0 Å². The van der Waals surface area contributed by atoms with Crippen LogP contribution in [-0.4, -0.2) is 12.7 Å². The first-order chi connectivity index (χ1) is 21.3. The second-order valence-electron chi connectivity index (χ2n) is 17.9. The van der Waals surface area contributed by atoms with Crippen LogP contribution in [0.4, 0.5) is 0 Å². The summed E-state index contributed by atoms with van der Waals surface area (Å²) < 4.78 is 6.97. The van der Waals surface area contributed by atoms with Gasteiger partial charge in [-0.1, -0.05) is 151 Å². The Morgan fingerprint density at radius 3 is 1.89 bits per heavy atom. The molecule has 4 rings (SSSR count). The van der Waals surface area contributed by atoms with E-state index in [4.69, 9.17) is 4.74 Å². The van der Waals surface area contributed by atoms with Crippen LogP contribution in [0, 0.1) is 52.3 Å². The van der Waals surface area contributed by atoms with E-state index in [0.717, 1.165) is 48.0 Å². The molecular formula is C43H80O. The molecular weight excluding hydrogens is 532 g/mol. The molecule has 4 aliphatic rings. The van der Waals surface area contributed by atoms with Crippen molar-refractivity contribution < 1.29 is 4.74 Å². The average molecular weight is 613 g/mol. The van der Waals surface area contributed by atoms with Crippen LogP contribution in [0.3, 0.4) is 0 Å². The largest absolute Gasteiger partial charge is 0.378 e. The molecule has 0 saturated heterocycles. The molecule has 0 heterocycles. The van der Waals surface area contributed by atoms with E-state index in [-0.39, 0.29) is 0 Å². The van der Waals surface area contributed by atoms with Crippen LogP contribution in [0.2, 0.25) is 0 Å². The lowest BCUT2D eigenvalue weighted by Gasteiger charge is -2.62. The van der Waals surface area contributed by atoms with Gasteiger partial charge in [0, 0.05) is 6.61 Å². The highest BCUT2D eigenvalue weighted by Crippen LogP contribution is 2.68. The van der Waals surface area contributed by atoms with Gasteiger partial charge in [-0.05, 0) is 110 Å². The fourth-order valence-corrected chi connectivity index (χ4v) is 12.1. The summed E-state index contributed by atoms with van der Waals surface area (Å²) in [5.41, 5.74) is 1.06. The summed E-state index contributed by atoms with van der Waals surface area (Å²) in [5, 5.41) is 0. The Kier molecular flexibility index (Phi) is 15.5. The van der Waals surface area contributed by atoms with Crippen LogP contribution < -0.4 is 0 Å². The van der Waals surface area contributed by atoms with Crippen molar-refractivity contribution in [3.8, 4) is 0 Å². The quantitative estimate of drug-likeness (QED) is 0.117. The molecule has 0 aromatic carbocycles. The molecule has 4 fully saturated rings. The van der Waals surface area contributed by atoms with E-state index in [0.29, 0.717) is 16.9 Å². The zero-order valence-electron chi connectivity index (χ0n) is 31.1. The highest BCUT2D eigenvalue weighted by molar-refractivity contribution is 5.11. The summed E-state index contributed by atoms with van der Waals surface area (Å²) in [6.45, 7) is 16.3. The Hall–Kier alpha value is -0.0400. The maximum Gasteiger partial charge on any atom is 0.0634 e. The zero-order chi connectivity index (χ0) is 31.4. The third kappa shape index (κ3) is 9.31. The van der Waals surface area contributed by atoms with Crippen molar-refractivity contribution in [1.82, 2.24) is 0 Å². The Labute approximate surface area is 277 Å². The van der Waals surface area contributed by atoms with E-state index in [2.05, 4.69) is 41.5 Å². The van der Waals surface area contributed by atoms with Gasteiger partial charge in [0.15, 0.2) is 0 Å². The molecule has 0 aromatic heterocycles. The molecule has 9 atom stereocenters. The first-order valence-corrected chi connectivity index (χ1v) is 20.9. The molecule has 0 aromatic rings. The minimum atomic E-state index is 0.444. The average Bonchev–Trinajstić information content (AvgIpc) is 3.36. The number of hydrogen-bond donors (Lipinski definition) is 0. The van der Waals surface area contributed by atoms with Crippen molar-refractivity contribution in [2.45, 2.75) is 215 Å². The zero-order valence-corrected chi connectivity index (χ0v) is 31.1. The van der Waals surface area contributed by atoms with Gasteiger partial charge in [0.25, 0.3) is 0 Å². The minimum Gasteiger partial charge on any atom is -0.378 e. The lowest BCUT2D eigenvalue weighted by molar-refractivity contribution is -0.181. The van der Waals surface area contributed by atoms with Crippen molar-refractivity contribution in [2.75, 3.05) is 6.61 Å². The van der Waals surface area contributed by atoms with Gasteiger partial charge in [-0.3, -0.25) is 0 Å². The predicted octanol–water partition coefficient (Wildman–Crippen LogP) is 14.0. The van der Waals surface area contributed by atoms with Crippen LogP contribution in [0.15, 0.2) is 0 Å². The molecule has 2 unspecified atom stereocenters. The van der Waals surface area contributed by atoms with Crippen LogP contribution in [0.25, 0.3) is 0 Å². The predicted molar refractivity (Wildman–Crippen MR) is 193 cm³/mol. The van der Waals surface area contributed by atoms with Crippen molar-refractivity contribution in [3.63, 3.8) is 0 Å². The maximum atomic E-state index is 6.97. The second kappa shape index (κ2) is 18.5. The molecule has 0 radical (unpaired) electrons. The molecule has 4 aliphatic carbocycles. The van der Waals surface area contributed by atoms with Crippen LogP contribution in [0.1, 0.15) is 208 Å². The third-order valence-electron chi connectivity index (χ3n) is 14.7. The molecule has 1 heteroatoms. The molecule has 0 bridgehead atoms. The van der Waals surface area contributed by atoms with Crippen molar-refractivity contribution >= 4 is 0 Å². The first-order valence-electron chi connectivity index (χ1n) is 20.9. The smallest absolute Gasteiger partial charge is 0.0634 e. The van der Waals surface area contributed by atoms with E-state index in [1.165, 1.54) is 167 Å². The summed E-state index contributed by atoms with van der Waals surface area (Å²) in [5.74, 6) is 6.58. The van der Waals surface area contributed by atoms with E-state index >= 15 is 0 Å². The molecule has 1 nitrogen and oxygen atoms in total. The molecule has 44 heavy (non-hydrogen) atoms. The highest BCUT2D eigenvalue weighted by atomic mass is 16.5. The van der Waals surface area contributed by atoms with Gasteiger partial charge in [0.1, 0.15) is 0 Å². The van der Waals surface area contributed by atoms with Gasteiger partial charge < -0.3 is 4.74 Å². The van der Waals surface area contributed by atoms with Crippen molar-refractivity contribution in [1.29, 1.82) is 0 Å². The monoisotopic (exact) mass is 613 g/mol. The molecule has 0 spiro atoms. The Balaban J connectivity index is 1.17. The van der Waals surface area contributed by atoms with Crippen LogP contribution in [-0.2, 0) is 4.74 Å². The molecule has 0 aliphatic heterocycles. The van der Waals surface area contributed by atoms with E-state index < -0.39 is 0 Å². The van der Waals surface area contributed by atoms with Crippen LogP contribution >= 0.6 is 0 Å². The molecule has 258 valence electrons. The van der Waals surface area contributed by atoms with Crippen LogP contribution in [0.5, 0.6) is 0 Å². The number of rotatable bonds is 21. The maximum absolute atomic E-state index is 6.97. The Morgan fingerprint density at radius 1 is 0.614 bits per heavy atom. The summed E-state index contributed by atoms with van der Waals surface area (Å²) >= 11 is 0. The fourth-order valence-electron chi connectivity index (χ4n) is 12.1. The Bertz CT molecular complexity index is 773. The lowest BCUT2D eigenvalue weighted by Crippen LogP contribution is -2.58. The van der Waals surface area contributed by atoms with Gasteiger partial charge in [-0.2, -0.15) is 0 Å². The van der Waals surface area contributed by atoms with E-state index in [9.17, 15) is 0 Å². The van der Waals surface area contributed by atoms with Gasteiger partial charge >= 0.3 is 0 Å². The summed E-state index contributed by atoms with van der Waals surface area (Å²) in [4.78, 5) is 0. The van der Waals surface area contributed by atoms with Crippen molar-refractivity contribution in [3.05, 3.63) is 0 Å². The second-order valence-corrected chi connectivity index (χ2v) is 17.9. The summed E-state index contributed by atoms with van der Waals surface area (Å²) in [7, 11) is 0. The molecule has 0 amide bonds. The number of hydrogen-bond acceptors (Lipinski definition) is 1. The third-order valence-corrected chi connectivity index (χ3v) is 14.7. The highest BCUT2D eigenvalue weighted by Gasteiger charge is 2.62. The lowest BCUT2D eigenvalue weighted by atomic mass is 9.44.